The number of carboxylic acid groups (broad SMARTS) is 1. The Hall–Kier alpha value is -1.45. The Morgan fingerprint density at radius 2 is 1.85 bits per heavy atom. The van der Waals surface area contributed by atoms with Crippen molar-refractivity contribution in [2.24, 2.45) is 0 Å². The highest BCUT2D eigenvalue weighted by atomic mass is 35.5. The lowest BCUT2D eigenvalue weighted by Crippen LogP contribution is -2.00. The summed E-state index contributed by atoms with van der Waals surface area (Å²) < 4.78 is 0. The minimum absolute atomic E-state index is 0.0243. The number of thioether (sulfide) groups is 1. The van der Waals surface area contributed by atoms with Gasteiger partial charge >= 0.3 is 5.97 Å². The normalized spacial score (nSPS) is 13.4. The molecule has 0 aliphatic carbocycles. The predicted octanol–water partition coefficient (Wildman–Crippen LogP) is 7.11. The number of aromatic carboxylic acids is 1. The van der Waals surface area contributed by atoms with Gasteiger partial charge in [0.05, 0.1) is 10.9 Å². The molecular weight excluding hydrogens is 364 g/mol. The third kappa shape index (κ3) is 8.77. The van der Waals surface area contributed by atoms with E-state index in [9.17, 15) is 9.90 Å². The summed E-state index contributed by atoms with van der Waals surface area (Å²) >= 11 is 8.02. The van der Waals surface area contributed by atoms with Crippen LogP contribution in [0.1, 0.15) is 57.3 Å². The average molecular weight is 393 g/mol. The fraction of sp³-hybridized carbons (Fsp3) is 0.409. The lowest BCUT2D eigenvalue weighted by Gasteiger charge is -2.09. The quantitative estimate of drug-likeness (QED) is 0.262. The van der Waals surface area contributed by atoms with Gasteiger partial charge in [-0.15, -0.1) is 23.4 Å². The summed E-state index contributed by atoms with van der Waals surface area (Å²) in [6.07, 6.45) is 9.53. The molecule has 0 aliphatic heterocycles. The van der Waals surface area contributed by atoms with Crippen molar-refractivity contribution in [3.05, 3.63) is 64.8 Å². The predicted molar refractivity (Wildman–Crippen MR) is 115 cm³/mol. The molecule has 0 saturated carbocycles. The van der Waals surface area contributed by atoms with Gasteiger partial charge in [-0.05, 0) is 59.1 Å². The van der Waals surface area contributed by atoms with Gasteiger partial charge in [-0.25, -0.2) is 4.79 Å². The minimum Gasteiger partial charge on any atom is -0.478 e. The molecule has 0 fully saturated rings. The Labute approximate surface area is 167 Å². The Bertz CT molecular complexity index is 685. The molecule has 1 atom stereocenters. The van der Waals surface area contributed by atoms with Crippen molar-refractivity contribution in [3.63, 3.8) is 0 Å². The Morgan fingerprint density at radius 1 is 1.15 bits per heavy atom. The van der Waals surface area contributed by atoms with Crippen molar-refractivity contribution < 1.29 is 9.90 Å². The minimum atomic E-state index is -0.891. The smallest absolute Gasteiger partial charge is 0.336 e. The molecular formula is C22H29ClO2S. The average Bonchev–Trinajstić information content (AvgIpc) is 2.59. The van der Waals surface area contributed by atoms with Crippen LogP contribution in [0.15, 0.2) is 64.1 Å². The number of rotatable bonds is 10. The third-order valence-corrected chi connectivity index (χ3v) is 5.54. The molecule has 0 spiro atoms. The molecule has 0 aliphatic rings. The monoisotopic (exact) mass is 392 g/mol. The fourth-order valence-corrected chi connectivity index (χ4v) is 3.53. The van der Waals surface area contributed by atoms with Gasteiger partial charge in [0.25, 0.3) is 0 Å². The number of benzene rings is 1. The lowest BCUT2D eigenvalue weighted by molar-refractivity contribution is 0.0693. The zero-order valence-corrected chi connectivity index (χ0v) is 17.7. The van der Waals surface area contributed by atoms with Crippen molar-refractivity contribution in [2.75, 3.05) is 5.75 Å². The van der Waals surface area contributed by atoms with E-state index in [1.165, 1.54) is 22.9 Å². The van der Waals surface area contributed by atoms with Gasteiger partial charge in [0.2, 0.25) is 0 Å². The van der Waals surface area contributed by atoms with Crippen LogP contribution in [0.5, 0.6) is 0 Å². The van der Waals surface area contributed by atoms with Gasteiger partial charge in [0.15, 0.2) is 0 Å². The number of halogens is 1. The highest BCUT2D eigenvalue weighted by molar-refractivity contribution is 7.99. The van der Waals surface area contributed by atoms with E-state index in [4.69, 9.17) is 11.6 Å². The molecule has 0 amide bonds. The molecule has 0 radical (unpaired) electrons. The van der Waals surface area contributed by atoms with Crippen molar-refractivity contribution in [3.8, 4) is 0 Å². The van der Waals surface area contributed by atoms with Crippen LogP contribution < -0.4 is 0 Å². The first kappa shape index (κ1) is 22.6. The van der Waals surface area contributed by atoms with Crippen LogP contribution in [-0.4, -0.2) is 22.2 Å². The van der Waals surface area contributed by atoms with Gasteiger partial charge in [0.1, 0.15) is 0 Å². The largest absolute Gasteiger partial charge is 0.478 e. The van der Waals surface area contributed by atoms with Crippen LogP contribution in [0.2, 0.25) is 0 Å². The van der Waals surface area contributed by atoms with Gasteiger partial charge in [-0.3, -0.25) is 0 Å². The summed E-state index contributed by atoms with van der Waals surface area (Å²) in [6.45, 7) is 8.43. The van der Waals surface area contributed by atoms with E-state index < -0.39 is 5.97 Å². The summed E-state index contributed by atoms with van der Waals surface area (Å²) in [5.74, 6) is -0.180. The maximum Gasteiger partial charge on any atom is 0.336 e. The van der Waals surface area contributed by atoms with Crippen LogP contribution in [-0.2, 0) is 0 Å². The molecule has 1 aromatic carbocycles. The summed E-state index contributed by atoms with van der Waals surface area (Å²) in [6, 6.07) is 7.08. The lowest BCUT2D eigenvalue weighted by atomic mass is 10.1. The van der Waals surface area contributed by atoms with E-state index in [1.807, 2.05) is 19.1 Å². The number of carboxylic acids is 1. The molecule has 4 heteroatoms. The first-order chi connectivity index (χ1) is 12.3. The third-order valence-electron chi connectivity index (χ3n) is 4.02. The van der Waals surface area contributed by atoms with Crippen LogP contribution >= 0.6 is 23.4 Å². The van der Waals surface area contributed by atoms with Crippen molar-refractivity contribution in [2.45, 2.75) is 57.2 Å². The second kappa shape index (κ2) is 12.0. The van der Waals surface area contributed by atoms with E-state index in [0.29, 0.717) is 11.3 Å². The summed E-state index contributed by atoms with van der Waals surface area (Å²) in [5.41, 5.74) is 4.20. The molecule has 1 N–H and O–H groups in total. The van der Waals surface area contributed by atoms with Gasteiger partial charge < -0.3 is 5.11 Å². The van der Waals surface area contributed by atoms with Crippen LogP contribution in [0.25, 0.3) is 0 Å². The van der Waals surface area contributed by atoms with Gasteiger partial charge in [-0.2, -0.15) is 0 Å². The van der Waals surface area contributed by atoms with Crippen molar-refractivity contribution in [1.82, 2.24) is 0 Å². The molecule has 1 aromatic rings. The number of carbonyl (C=O) groups is 1. The maximum absolute atomic E-state index is 11.2. The molecule has 1 unspecified atom stereocenters. The Kier molecular flexibility index (Phi) is 10.5. The molecule has 26 heavy (non-hydrogen) atoms. The molecule has 2 nitrogen and oxygen atoms in total. The highest BCUT2D eigenvalue weighted by Crippen LogP contribution is 2.24. The SMILES string of the molecule is CC(C)=CCCC(C)=CCC(Cl)C(C)=CCSc1ccccc1C(=O)O. The van der Waals surface area contributed by atoms with E-state index >= 15 is 0 Å². The van der Waals surface area contributed by atoms with E-state index in [2.05, 4.69) is 39.0 Å². The first-order valence-electron chi connectivity index (χ1n) is 8.86. The fourth-order valence-electron chi connectivity index (χ4n) is 2.34. The number of alkyl halides is 1. The van der Waals surface area contributed by atoms with E-state index in [-0.39, 0.29) is 5.38 Å². The van der Waals surface area contributed by atoms with Crippen LogP contribution in [0.4, 0.5) is 0 Å². The highest BCUT2D eigenvalue weighted by Gasteiger charge is 2.09. The van der Waals surface area contributed by atoms with Crippen LogP contribution in [0, 0.1) is 0 Å². The zero-order valence-electron chi connectivity index (χ0n) is 16.1. The topological polar surface area (TPSA) is 37.3 Å². The standard InChI is InChI=1S/C22H29ClO2S/c1-16(2)8-7-9-17(3)12-13-20(23)18(4)14-15-26-21-11-6-5-10-19(21)22(24)25/h5-6,8,10-12,14,20H,7,9,13,15H2,1-4H3,(H,24,25). The van der Waals surface area contributed by atoms with Gasteiger partial charge in [0, 0.05) is 10.6 Å². The second-order valence-electron chi connectivity index (χ2n) is 6.63. The molecule has 0 bridgehead atoms. The van der Waals surface area contributed by atoms with E-state index in [0.717, 1.165) is 29.7 Å². The number of hydrogen-bond donors (Lipinski definition) is 1. The summed E-state index contributed by atoms with van der Waals surface area (Å²) in [4.78, 5) is 12.0. The molecule has 0 saturated heterocycles. The van der Waals surface area contributed by atoms with Crippen LogP contribution in [0.3, 0.4) is 0 Å². The maximum atomic E-state index is 11.2. The molecule has 0 aromatic heterocycles. The van der Waals surface area contributed by atoms with Crippen molar-refractivity contribution in [1.29, 1.82) is 0 Å². The summed E-state index contributed by atoms with van der Waals surface area (Å²) in [5, 5.41) is 9.19. The summed E-state index contributed by atoms with van der Waals surface area (Å²) in [7, 11) is 0. The van der Waals surface area contributed by atoms with Crippen molar-refractivity contribution >= 4 is 29.3 Å². The van der Waals surface area contributed by atoms with Gasteiger partial charge in [-0.1, -0.05) is 47.1 Å². The molecule has 142 valence electrons. The zero-order chi connectivity index (χ0) is 19.5. The Morgan fingerprint density at radius 3 is 2.50 bits per heavy atom. The Balaban J connectivity index is 2.51. The second-order valence-corrected chi connectivity index (χ2v) is 8.22. The molecule has 0 heterocycles. The number of allylic oxidation sites excluding steroid dienone is 5. The number of hydrogen-bond acceptors (Lipinski definition) is 2. The van der Waals surface area contributed by atoms with E-state index in [1.54, 1.807) is 12.1 Å². The first-order valence-corrected chi connectivity index (χ1v) is 10.3. The molecule has 1 rings (SSSR count).